The molecule has 2 atom stereocenters. The standard InChI is InChI=1S/C18H29N3O3S/c1-13-7-8-16(11-17(13)25(23,24)21(3)4)20-18(22)10-14(2)15-6-5-9-19-12-15/h7-8,11,14-15,19H,5-6,9-10,12H2,1-4H3,(H,20,22). The number of piperidine rings is 1. The zero-order valence-corrected chi connectivity index (χ0v) is 16.3. The van der Waals surface area contributed by atoms with Gasteiger partial charge in [-0.3, -0.25) is 4.79 Å². The van der Waals surface area contributed by atoms with Crippen LogP contribution < -0.4 is 10.6 Å². The maximum Gasteiger partial charge on any atom is 0.242 e. The van der Waals surface area contributed by atoms with Crippen LogP contribution in [0.15, 0.2) is 23.1 Å². The highest BCUT2D eigenvalue weighted by Gasteiger charge is 2.23. The highest BCUT2D eigenvalue weighted by atomic mass is 32.2. The van der Waals surface area contributed by atoms with Crippen molar-refractivity contribution in [3.8, 4) is 0 Å². The van der Waals surface area contributed by atoms with Gasteiger partial charge in [0.1, 0.15) is 0 Å². The first-order valence-electron chi connectivity index (χ1n) is 8.75. The van der Waals surface area contributed by atoms with Gasteiger partial charge in [-0.15, -0.1) is 0 Å². The second kappa shape index (κ2) is 8.29. The number of hydrogen-bond donors (Lipinski definition) is 2. The van der Waals surface area contributed by atoms with E-state index in [-0.39, 0.29) is 10.8 Å². The Hall–Kier alpha value is -1.44. The van der Waals surface area contributed by atoms with E-state index in [1.165, 1.54) is 24.5 Å². The van der Waals surface area contributed by atoms with E-state index in [1.807, 2.05) is 0 Å². The molecule has 1 aliphatic heterocycles. The number of benzene rings is 1. The van der Waals surface area contributed by atoms with Crippen LogP contribution in [0.4, 0.5) is 5.69 Å². The number of anilines is 1. The third-order valence-electron chi connectivity index (χ3n) is 4.88. The van der Waals surface area contributed by atoms with Crippen molar-refractivity contribution in [3.05, 3.63) is 23.8 Å². The lowest BCUT2D eigenvalue weighted by atomic mass is 9.85. The zero-order valence-electron chi connectivity index (χ0n) is 15.5. The predicted molar refractivity (Wildman–Crippen MR) is 100 cm³/mol. The van der Waals surface area contributed by atoms with E-state index < -0.39 is 10.0 Å². The molecule has 1 saturated heterocycles. The van der Waals surface area contributed by atoms with E-state index in [0.717, 1.165) is 25.9 Å². The molecule has 0 aromatic heterocycles. The molecule has 6 nitrogen and oxygen atoms in total. The summed E-state index contributed by atoms with van der Waals surface area (Å²) in [6.45, 7) is 5.88. The lowest BCUT2D eigenvalue weighted by molar-refractivity contribution is -0.117. The molecule has 1 aliphatic rings. The molecule has 1 fully saturated rings. The van der Waals surface area contributed by atoms with Gasteiger partial charge in [-0.1, -0.05) is 13.0 Å². The van der Waals surface area contributed by atoms with Crippen LogP contribution in [0, 0.1) is 18.8 Å². The number of nitrogens with one attached hydrogen (secondary N) is 2. The fourth-order valence-corrected chi connectivity index (χ4v) is 4.33. The van der Waals surface area contributed by atoms with E-state index >= 15 is 0 Å². The van der Waals surface area contributed by atoms with Gasteiger partial charge < -0.3 is 10.6 Å². The Morgan fingerprint density at radius 3 is 2.72 bits per heavy atom. The quantitative estimate of drug-likeness (QED) is 0.808. The van der Waals surface area contributed by atoms with Gasteiger partial charge in [0.15, 0.2) is 0 Å². The van der Waals surface area contributed by atoms with Gasteiger partial charge in [-0.25, -0.2) is 12.7 Å². The number of rotatable bonds is 6. The third-order valence-corrected chi connectivity index (χ3v) is 6.83. The molecule has 2 unspecified atom stereocenters. The monoisotopic (exact) mass is 367 g/mol. The van der Waals surface area contributed by atoms with Crippen LogP contribution in [-0.4, -0.2) is 45.8 Å². The maximum atomic E-state index is 12.4. The average molecular weight is 368 g/mol. The highest BCUT2D eigenvalue weighted by molar-refractivity contribution is 7.89. The van der Waals surface area contributed by atoms with Crippen LogP contribution in [0.25, 0.3) is 0 Å². The molecule has 1 aromatic rings. The Bertz CT molecular complexity index is 710. The Kier molecular flexibility index (Phi) is 6.59. The van der Waals surface area contributed by atoms with Gasteiger partial charge in [0.05, 0.1) is 4.90 Å². The van der Waals surface area contributed by atoms with Crippen LogP contribution in [0.3, 0.4) is 0 Å². The van der Waals surface area contributed by atoms with Crippen molar-refractivity contribution >= 4 is 21.6 Å². The summed E-state index contributed by atoms with van der Waals surface area (Å²) in [6, 6.07) is 5.00. The first-order valence-corrected chi connectivity index (χ1v) is 10.2. The molecular formula is C18H29N3O3S. The molecule has 0 radical (unpaired) electrons. The minimum Gasteiger partial charge on any atom is -0.326 e. The summed E-state index contributed by atoms with van der Waals surface area (Å²) in [6.07, 6.45) is 2.74. The molecule has 0 saturated carbocycles. The van der Waals surface area contributed by atoms with Crippen LogP contribution >= 0.6 is 0 Å². The summed E-state index contributed by atoms with van der Waals surface area (Å²) in [5, 5.41) is 6.22. The Morgan fingerprint density at radius 1 is 1.40 bits per heavy atom. The number of sulfonamides is 1. The predicted octanol–water partition coefficient (Wildman–Crippen LogP) is 2.21. The minimum atomic E-state index is -3.53. The molecule has 0 bridgehead atoms. The molecule has 1 aromatic carbocycles. The van der Waals surface area contributed by atoms with Crippen LogP contribution in [0.5, 0.6) is 0 Å². The zero-order chi connectivity index (χ0) is 18.6. The van der Waals surface area contributed by atoms with E-state index in [1.54, 1.807) is 19.1 Å². The number of amides is 1. The molecule has 0 spiro atoms. The van der Waals surface area contributed by atoms with Crippen LogP contribution in [0.2, 0.25) is 0 Å². The van der Waals surface area contributed by atoms with Gasteiger partial charge in [0.2, 0.25) is 15.9 Å². The van der Waals surface area contributed by atoms with Crippen LogP contribution in [-0.2, 0) is 14.8 Å². The Balaban J connectivity index is 2.06. The lowest BCUT2D eigenvalue weighted by Gasteiger charge is -2.28. The van der Waals surface area contributed by atoms with Gasteiger partial charge in [-0.2, -0.15) is 0 Å². The topological polar surface area (TPSA) is 78.5 Å². The SMILES string of the molecule is Cc1ccc(NC(=O)CC(C)C2CCCNC2)cc1S(=O)(=O)N(C)C. The van der Waals surface area contributed by atoms with Crippen molar-refractivity contribution in [2.75, 3.05) is 32.5 Å². The van der Waals surface area contributed by atoms with Gasteiger partial charge >= 0.3 is 0 Å². The second-order valence-corrected chi connectivity index (χ2v) is 9.22. The van der Waals surface area contributed by atoms with Crippen molar-refractivity contribution in [2.24, 2.45) is 11.8 Å². The minimum absolute atomic E-state index is 0.0740. The Morgan fingerprint density at radius 2 is 2.12 bits per heavy atom. The summed E-state index contributed by atoms with van der Waals surface area (Å²) in [7, 11) is -0.532. The molecule has 140 valence electrons. The van der Waals surface area contributed by atoms with Crippen LogP contribution in [0.1, 0.15) is 31.7 Å². The molecule has 1 heterocycles. The van der Waals surface area contributed by atoms with Crippen molar-refractivity contribution in [2.45, 2.75) is 38.0 Å². The number of aryl methyl sites for hydroxylation is 1. The van der Waals surface area contributed by atoms with E-state index in [2.05, 4.69) is 17.6 Å². The molecule has 7 heteroatoms. The van der Waals surface area contributed by atoms with E-state index in [9.17, 15) is 13.2 Å². The molecule has 0 aliphatic carbocycles. The normalized spacial score (nSPS) is 19.6. The summed E-state index contributed by atoms with van der Waals surface area (Å²) >= 11 is 0. The maximum absolute atomic E-state index is 12.4. The fourth-order valence-electron chi connectivity index (χ4n) is 3.19. The second-order valence-electron chi connectivity index (χ2n) is 7.10. The first-order chi connectivity index (χ1) is 11.7. The van der Waals surface area contributed by atoms with E-state index in [0.29, 0.717) is 29.5 Å². The molecule has 2 rings (SSSR count). The molecule has 25 heavy (non-hydrogen) atoms. The third kappa shape index (κ3) is 5.03. The first kappa shape index (κ1) is 19.9. The van der Waals surface area contributed by atoms with E-state index in [4.69, 9.17) is 0 Å². The number of hydrogen-bond acceptors (Lipinski definition) is 4. The highest BCUT2D eigenvalue weighted by Crippen LogP contribution is 2.25. The summed E-state index contributed by atoms with van der Waals surface area (Å²) in [5.41, 5.74) is 1.18. The number of carbonyl (C=O) groups excluding carboxylic acids is 1. The largest absolute Gasteiger partial charge is 0.326 e. The van der Waals surface area contributed by atoms with Gasteiger partial charge in [-0.05, 0) is 62.4 Å². The van der Waals surface area contributed by atoms with Crippen molar-refractivity contribution in [1.82, 2.24) is 9.62 Å². The average Bonchev–Trinajstić information content (AvgIpc) is 2.57. The Labute approximate surface area is 151 Å². The lowest BCUT2D eigenvalue weighted by Crippen LogP contribution is -2.34. The number of nitrogens with zero attached hydrogens (tertiary/aromatic N) is 1. The molecular weight excluding hydrogens is 338 g/mol. The molecule has 2 N–H and O–H groups in total. The fraction of sp³-hybridized carbons (Fsp3) is 0.611. The number of carbonyl (C=O) groups is 1. The summed E-state index contributed by atoms with van der Waals surface area (Å²) < 4.78 is 25.9. The van der Waals surface area contributed by atoms with Gasteiger partial charge in [0.25, 0.3) is 0 Å². The van der Waals surface area contributed by atoms with Gasteiger partial charge in [0, 0.05) is 26.2 Å². The van der Waals surface area contributed by atoms with Crippen molar-refractivity contribution in [1.29, 1.82) is 0 Å². The van der Waals surface area contributed by atoms with Crippen molar-refractivity contribution < 1.29 is 13.2 Å². The molecule has 1 amide bonds. The van der Waals surface area contributed by atoms with Crippen molar-refractivity contribution in [3.63, 3.8) is 0 Å². The summed E-state index contributed by atoms with van der Waals surface area (Å²) in [4.78, 5) is 12.6. The smallest absolute Gasteiger partial charge is 0.242 e. The summed E-state index contributed by atoms with van der Waals surface area (Å²) in [5.74, 6) is 0.737.